The molecule has 0 unspecified atom stereocenters. The standard InChI is InChI=1S/C26H25F2N5O3/c1-3-9-32-24-22(25(34)33(10-4-2)26(32)35)30-23(31-24)15-5-7-18(8-6-15)36-14-17-11-16-12-19(27)20(28)13-21(16)29-17/h5-8,12-13H,3-4,9-11,14H2,1-2H3,(H,30,31). The van der Waals surface area contributed by atoms with E-state index < -0.39 is 11.6 Å². The Bertz CT molecular complexity index is 1600. The van der Waals surface area contributed by atoms with E-state index in [1.807, 2.05) is 13.8 Å². The van der Waals surface area contributed by atoms with Gasteiger partial charge in [-0.2, -0.15) is 0 Å². The Labute approximate surface area is 204 Å². The number of fused-ring (bicyclic) bond motifs is 2. The zero-order valence-corrected chi connectivity index (χ0v) is 20.0. The lowest BCUT2D eigenvalue weighted by Crippen LogP contribution is -2.40. The molecule has 5 rings (SSSR count). The van der Waals surface area contributed by atoms with Crippen LogP contribution in [-0.2, 0) is 19.5 Å². The maximum atomic E-state index is 13.5. The highest BCUT2D eigenvalue weighted by molar-refractivity contribution is 5.95. The van der Waals surface area contributed by atoms with Gasteiger partial charge in [0.15, 0.2) is 17.3 Å². The maximum Gasteiger partial charge on any atom is 0.332 e. The second-order valence-electron chi connectivity index (χ2n) is 8.74. The summed E-state index contributed by atoms with van der Waals surface area (Å²) in [5, 5.41) is 0. The molecule has 8 nitrogen and oxygen atoms in total. The summed E-state index contributed by atoms with van der Waals surface area (Å²) in [5.41, 5.74) is 2.39. The van der Waals surface area contributed by atoms with Crippen molar-refractivity contribution in [1.29, 1.82) is 0 Å². The van der Waals surface area contributed by atoms with Crippen molar-refractivity contribution in [3.63, 3.8) is 0 Å². The molecule has 0 aliphatic carbocycles. The summed E-state index contributed by atoms with van der Waals surface area (Å²) in [7, 11) is 0. The number of aryl methyl sites for hydroxylation is 1. The van der Waals surface area contributed by atoms with Crippen molar-refractivity contribution < 1.29 is 13.5 Å². The van der Waals surface area contributed by atoms with Crippen molar-refractivity contribution in [1.82, 2.24) is 19.1 Å². The Morgan fingerprint density at radius 1 is 1.00 bits per heavy atom. The number of halogens is 2. The van der Waals surface area contributed by atoms with Crippen LogP contribution in [0.4, 0.5) is 14.5 Å². The van der Waals surface area contributed by atoms with E-state index in [1.54, 1.807) is 28.8 Å². The fraction of sp³-hybridized carbons (Fsp3) is 0.308. The van der Waals surface area contributed by atoms with Gasteiger partial charge in [-0.1, -0.05) is 13.8 Å². The van der Waals surface area contributed by atoms with Crippen LogP contribution in [0.5, 0.6) is 5.75 Å². The van der Waals surface area contributed by atoms with Crippen molar-refractivity contribution in [2.45, 2.75) is 46.2 Å². The van der Waals surface area contributed by atoms with Gasteiger partial charge in [0.05, 0.1) is 11.4 Å². The summed E-state index contributed by atoms with van der Waals surface area (Å²) in [5.74, 6) is -0.744. The third-order valence-corrected chi connectivity index (χ3v) is 6.08. The van der Waals surface area contributed by atoms with Gasteiger partial charge in [0.2, 0.25) is 0 Å². The Morgan fingerprint density at radius 3 is 2.42 bits per heavy atom. The molecule has 0 radical (unpaired) electrons. The number of rotatable bonds is 8. The van der Waals surface area contributed by atoms with Gasteiger partial charge in [0.1, 0.15) is 23.7 Å². The van der Waals surface area contributed by atoms with Crippen LogP contribution in [0, 0.1) is 11.6 Å². The molecule has 0 fully saturated rings. The number of benzene rings is 2. The van der Waals surface area contributed by atoms with Gasteiger partial charge in [0, 0.05) is 31.1 Å². The summed E-state index contributed by atoms with van der Waals surface area (Å²) in [6.07, 6.45) is 1.80. The van der Waals surface area contributed by atoms with Crippen molar-refractivity contribution in [3.05, 3.63) is 74.4 Å². The van der Waals surface area contributed by atoms with E-state index in [4.69, 9.17) is 4.74 Å². The molecular formula is C26H25F2N5O3. The average Bonchev–Trinajstić information content (AvgIpc) is 3.48. The van der Waals surface area contributed by atoms with Gasteiger partial charge in [-0.15, -0.1) is 0 Å². The smallest absolute Gasteiger partial charge is 0.332 e. The summed E-state index contributed by atoms with van der Waals surface area (Å²) >= 11 is 0. The van der Waals surface area contributed by atoms with Gasteiger partial charge >= 0.3 is 5.69 Å². The molecule has 0 saturated carbocycles. The number of hydrogen-bond acceptors (Lipinski definition) is 5. The number of aromatic nitrogens is 4. The van der Waals surface area contributed by atoms with Crippen LogP contribution in [-0.4, -0.2) is 31.4 Å². The Hall–Kier alpha value is -4.08. The quantitative estimate of drug-likeness (QED) is 0.395. The number of aromatic amines is 1. The van der Waals surface area contributed by atoms with E-state index >= 15 is 0 Å². The molecule has 0 atom stereocenters. The van der Waals surface area contributed by atoms with Crippen LogP contribution in [0.15, 0.2) is 51.0 Å². The molecule has 0 amide bonds. The molecule has 0 bridgehead atoms. The number of nitrogens with zero attached hydrogens (tertiary/aromatic N) is 4. The number of imidazole rings is 1. The second kappa shape index (κ2) is 9.52. The highest BCUT2D eigenvalue weighted by atomic mass is 19.2. The first-order chi connectivity index (χ1) is 17.4. The lowest BCUT2D eigenvalue weighted by atomic mass is 10.1. The van der Waals surface area contributed by atoms with E-state index in [0.717, 1.165) is 18.1 Å². The third kappa shape index (κ3) is 4.23. The molecule has 10 heteroatoms. The SMILES string of the molecule is CCCn1c(=O)c2[nH]c(-c3ccc(OCC4=Nc5cc(F)c(F)cc5C4)cc3)nc2n(CCC)c1=O. The largest absolute Gasteiger partial charge is 0.488 e. The molecule has 4 aromatic rings. The van der Waals surface area contributed by atoms with Crippen molar-refractivity contribution in [2.24, 2.45) is 4.99 Å². The number of hydrogen-bond donors (Lipinski definition) is 1. The maximum absolute atomic E-state index is 13.5. The van der Waals surface area contributed by atoms with Crippen molar-refractivity contribution in [3.8, 4) is 17.1 Å². The zero-order chi connectivity index (χ0) is 25.4. The van der Waals surface area contributed by atoms with Crippen molar-refractivity contribution >= 4 is 22.6 Å². The Morgan fingerprint density at radius 2 is 1.69 bits per heavy atom. The summed E-state index contributed by atoms with van der Waals surface area (Å²) in [6, 6.07) is 9.39. The van der Waals surface area contributed by atoms with Crippen LogP contribution < -0.4 is 16.0 Å². The number of ether oxygens (including phenoxy) is 1. The molecule has 0 spiro atoms. The van der Waals surface area contributed by atoms with E-state index in [-0.39, 0.29) is 17.9 Å². The molecule has 36 heavy (non-hydrogen) atoms. The Balaban J connectivity index is 1.37. The monoisotopic (exact) mass is 493 g/mol. The highest BCUT2D eigenvalue weighted by Gasteiger charge is 2.19. The summed E-state index contributed by atoms with van der Waals surface area (Å²) in [4.78, 5) is 37.8. The molecule has 186 valence electrons. The molecular weight excluding hydrogens is 468 g/mol. The number of nitrogens with one attached hydrogen (secondary N) is 1. The average molecular weight is 494 g/mol. The van der Waals surface area contributed by atoms with Gasteiger partial charge in [-0.05, 0) is 48.7 Å². The van der Waals surface area contributed by atoms with Gasteiger partial charge in [-0.25, -0.2) is 18.6 Å². The predicted molar refractivity (Wildman–Crippen MR) is 133 cm³/mol. The van der Waals surface area contributed by atoms with Crippen molar-refractivity contribution in [2.75, 3.05) is 6.61 Å². The minimum absolute atomic E-state index is 0.183. The van der Waals surface area contributed by atoms with Crippen LogP contribution in [0.2, 0.25) is 0 Å². The molecule has 1 aliphatic heterocycles. The normalized spacial score (nSPS) is 12.7. The lowest BCUT2D eigenvalue weighted by Gasteiger charge is -2.09. The van der Waals surface area contributed by atoms with E-state index in [2.05, 4.69) is 15.0 Å². The highest BCUT2D eigenvalue weighted by Crippen LogP contribution is 2.29. The van der Waals surface area contributed by atoms with Gasteiger partial charge in [0.25, 0.3) is 5.56 Å². The first kappa shape index (κ1) is 23.7. The number of H-pyrrole nitrogens is 1. The van der Waals surface area contributed by atoms with E-state index in [0.29, 0.717) is 65.6 Å². The summed E-state index contributed by atoms with van der Waals surface area (Å²) < 4.78 is 35.5. The second-order valence-corrected chi connectivity index (χ2v) is 8.74. The lowest BCUT2D eigenvalue weighted by molar-refractivity contribution is 0.375. The molecule has 3 heterocycles. The van der Waals surface area contributed by atoms with Crippen LogP contribution >= 0.6 is 0 Å². The van der Waals surface area contributed by atoms with Crippen LogP contribution in [0.3, 0.4) is 0 Å². The number of aliphatic imine (C=N–C) groups is 1. The minimum Gasteiger partial charge on any atom is -0.488 e. The third-order valence-electron chi connectivity index (χ3n) is 6.08. The molecule has 2 aromatic carbocycles. The molecule has 1 aliphatic rings. The topological polar surface area (TPSA) is 94.3 Å². The fourth-order valence-corrected chi connectivity index (χ4v) is 4.36. The fourth-order valence-electron chi connectivity index (χ4n) is 4.36. The molecule has 0 saturated heterocycles. The molecule has 1 N–H and O–H groups in total. The van der Waals surface area contributed by atoms with Gasteiger partial charge < -0.3 is 9.72 Å². The van der Waals surface area contributed by atoms with E-state index in [1.165, 1.54) is 10.6 Å². The summed E-state index contributed by atoms with van der Waals surface area (Å²) in [6.45, 7) is 4.87. The zero-order valence-electron chi connectivity index (χ0n) is 20.0. The van der Waals surface area contributed by atoms with Crippen LogP contribution in [0.25, 0.3) is 22.6 Å². The van der Waals surface area contributed by atoms with E-state index in [9.17, 15) is 18.4 Å². The Kier molecular flexibility index (Phi) is 6.26. The predicted octanol–water partition coefficient (Wildman–Crippen LogP) is 4.36. The van der Waals surface area contributed by atoms with Crippen LogP contribution in [0.1, 0.15) is 32.3 Å². The first-order valence-electron chi connectivity index (χ1n) is 11.9. The molecule has 2 aromatic heterocycles. The van der Waals surface area contributed by atoms with Gasteiger partial charge in [-0.3, -0.25) is 18.9 Å². The minimum atomic E-state index is -0.920. The first-order valence-corrected chi connectivity index (χ1v) is 11.9.